The van der Waals surface area contributed by atoms with Gasteiger partial charge in [-0.1, -0.05) is 6.07 Å². The largest absolute Gasteiger partial charge is 0.314 e. The van der Waals surface area contributed by atoms with Crippen LogP contribution in [0.25, 0.3) is 0 Å². The molecule has 0 radical (unpaired) electrons. The minimum atomic E-state index is -0.922. The first-order valence-electron chi connectivity index (χ1n) is 13.0. The summed E-state index contributed by atoms with van der Waals surface area (Å²) in [5, 5.41) is 5.64. The number of amides is 4. The van der Waals surface area contributed by atoms with E-state index in [0.717, 1.165) is 49.1 Å². The maximum Gasteiger partial charge on any atom is 0.262 e. The number of rotatable bonds is 7. The van der Waals surface area contributed by atoms with Crippen molar-refractivity contribution in [1.29, 1.82) is 0 Å². The number of nitrogens with one attached hydrogen (secondary N) is 2. The van der Waals surface area contributed by atoms with Crippen LogP contribution in [-0.4, -0.2) is 90.2 Å². The van der Waals surface area contributed by atoms with Gasteiger partial charge in [-0.3, -0.25) is 34.3 Å². The van der Waals surface area contributed by atoms with E-state index in [9.17, 15) is 19.2 Å². The van der Waals surface area contributed by atoms with Crippen LogP contribution < -0.4 is 10.6 Å². The van der Waals surface area contributed by atoms with Crippen LogP contribution in [0.2, 0.25) is 0 Å². The number of carbonyl (C=O) groups is 4. The zero-order valence-electron chi connectivity index (χ0n) is 20.3. The molecule has 2 N–H and O–H groups in total. The van der Waals surface area contributed by atoms with Gasteiger partial charge in [-0.2, -0.15) is 0 Å². The molecular formula is C26H35N5O4. The Morgan fingerprint density at radius 3 is 2.34 bits per heavy atom. The molecule has 5 rings (SSSR count). The number of fused-ring (bicyclic) bond motifs is 1. The van der Waals surface area contributed by atoms with Crippen LogP contribution in [0.15, 0.2) is 18.2 Å². The molecule has 0 aliphatic carbocycles. The molecule has 3 saturated heterocycles. The molecule has 3 fully saturated rings. The molecule has 4 aliphatic heterocycles. The molecule has 35 heavy (non-hydrogen) atoms. The van der Waals surface area contributed by atoms with Gasteiger partial charge in [-0.15, -0.1) is 0 Å². The number of hydrogen-bond acceptors (Lipinski definition) is 7. The third kappa shape index (κ3) is 5.32. The topological polar surface area (TPSA) is 102 Å². The third-order valence-corrected chi connectivity index (χ3v) is 7.91. The van der Waals surface area contributed by atoms with Crippen molar-refractivity contribution in [3.8, 4) is 0 Å². The highest BCUT2D eigenvalue weighted by atomic mass is 16.2. The molecule has 1 aromatic carbocycles. The van der Waals surface area contributed by atoms with Gasteiger partial charge in [0.2, 0.25) is 11.8 Å². The van der Waals surface area contributed by atoms with Crippen molar-refractivity contribution in [2.45, 2.75) is 51.1 Å². The van der Waals surface area contributed by atoms with Gasteiger partial charge in [-0.25, -0.2) is 0 Å². The smallest absolute Gasteiger partial charge is 0.262 e. The first-order chi connectivity index (χ1) is 17.0. The van der Waals surface area contributed by atoms with Gasteiger partial charge < -0.3 is 10.2 Å². The Hall–Kier alpha value is -2.62. The van der Waals surface area contributed by atoms with Gasteiger partial charge in [0, 0.05) is 39.1 Å². The summed E-state index contributed by atoms with van der Waals surface area (Å²) in [4.78, 5) is 55.7. The predicted molar refractivity (Wildman–Crippen MR) is 130 cm³/mol. The first kappa shape index (κ1) is 24.1. The van der Waals surface area contributed by atoms with Crippen LogP contribution in [0, 0.1) is 5.92 Å². The van der Waals surface area contributed by atoms with Gasteiger partial charge in [0.1, 0.15) is 6.04 Å². The number of piperidine rings is 2. The fourth-order valence-electron chi connectivity index (χ4n) is 5.85. The van der Waals surface area contributed by atoms with Gasteiger partial charge >= 0.3 is 0 Å². The van der Waals surface area contributed by atoms with Crippen LogP contribution in [0.4, 0.5) is 0 Å². The summed E-state index contributed by atoms with van der Waals surface area (Å²) < 4.78 is 0. The number of imide groups is 2. The number of likely N-dealkylation sites (tertiary alicyclic amines) is 1. The maximum absolute atomic E-state index is 13.1. The summed E-state index contributed by atoms with van der Waals surface area (Å²) >= 11 is 0. The lowest BCUT2D eigenvalue weighted by molar-refractivity contribution is -0.136. The molecule has 188 valence electrons. The van der Waals surface area contributed by atoms with Crippen LogP contribution >= 0.6 is 0 Å². The quantitative estimate of drug-likeness (QED) is 0.560. The van der Waals surface area contributed by atoms with Gasteiger partial charge in [0.15, 0.2) is 0 Å². The van der Waals surface area contributed by atoms with Crippen molar-refractivity contribution in [3.05, 3.63) is 34.9 Å². The van der Waals surface area contributed by atoms with E-state index >= 15 is 0 Å². The standard InChI is InChI=1S/C26H35N5O4/c32-23-6-5-22(24(33)28-23)31-25(34)20-4-3-19(16-21(20)26(31)35)17-30-12-7-18(8-13-30)2-1-11-29-14-9-27-10-15-29/h3-4,16,18,22,27H,1-2,5-15,17H2,(H,28,32,33). The van der Waals surface area contributed by atoms with E-state index in [1.54, 1.807) is 12.1 Å². The van der Waals surface area contributed by atoms with Crippen molar-refractivity contribution in [1.82, 2.24) is 25.3 Å². The lowest BCUT2D eigenvalue weighted by Gasteiger charge is -2.33. The zero-order chi connectivity index (χ0) is 24.4. The van der Waals surface area contributed by atoms with Crippen LogP contribution in [0.3, 0.4) is 0 Å². The molecule has 4 amide bonds. The second-order valence-corrected chi connectivity index (χ2v) is 10.3. The number of benzene rings is 1. The Bertz CT molecular complexity index is 997. The van der Waals surface area contributed by atoms with Crippen molar-refractivity contribution < 1.29 is 19.2 Å². The van der Waals surface area contributed by atoms with Gasteiger partial charge in [-0.05, 0) is 75.4 Å². The van der Waals surface area contributed by atoms with Crippen LogP contribution in [0.5, 0.6) is 0 Å². The Balaban J connectivity index is 1.12. The highest BCUT2D eigenvalue weighted by Gasteiger charge is 2.44. The average Bonchev–Trinajstić information content (AvgIpc) is 3.10. The molecule has 9 heteroatoms. The average molecular weight is 482 g/mol. The molecule has 1 aromatic rings. The number of piperazine rings is 1. The van der Waals surface area contributed by atoms with Crippen molar-refractivity contribution in [3.63, 3.8) is 0 Å². The summed E-state index contributed by atoms with van der Waals surface area (Å²) in [6, 6.07) is 4.51. The lowest BCUT2D eigenvalue weighted by Crippen LogP contribution is -2.54. The minimum absolute atomic E-state index is 0.126. The molecule has 1 unspecified atom stereocenters. The summed E-state index contributed by atoms with van der Waals surface area (Å²) in [7, 11) is 0. The molecule has 9 nitrogen and oxygen atoms in total. The number of hydrogen-bond donors (Lipinski definition) is 2. The molecular weight excluding hydrogens is 446 g/mol. The molecule has 4 aliphatic rings. The van der Waals surface area contributed by atoms with E-state index < -0.39 is 23.8 Å². The van der Waals surface area contributed by atoms with E-state index in [-0.39, 0.29) is 18.7 Å². The number of nitrogens with zero attached hydrogens (tertiary/aromatic N) is 3. The second-order valence-electron chi connectivity index (χ2n) is 10.3. The zero-order valence-corrected chi connectivity index (χ0v) is 20.3. The fourth-order valence-corrected chi connectivity index (χ4v) is 5.85. The Labute approximate surface area is 206 Å². The fraction of sp³-hybridized carbons (Fsp3) is 0.615. The van der Waals surface area contributed by atoms with Crippen molar-refractivity contribution in [2.24, 2.45) is 5.92 Å². The highest BCUT2D eigenvalue weighted by Crippen LogP contribution is 2.29. The van der Waals surface area contributed by atoms with Crippen molar-refractivity contribution >= 4 is 23.6 Å². The Morgan fingerprint density at radius 1 is 0.857 bits per heavy atom. The van der Waals surface area contributed by atoms with Crippen molar-refractivity contribution in [2.75, 3.05) is 45.8 Å². The monoisotopic (exact) mass is 481 g/mol. The lowest BCUT2D eigenvalue weighted by atomic mass is 9.91. The van der Waals surface area contributed by atoms with E-state index in [1.165, 1.54) is 45.3 Å². The first-order valence-corrected chi connectivity index (χ1v) is 13.0. The second kappa shape index (κ2) is 10.6. The summed E-state index contributed by atoms with van der Waals surface area (Å²) in [6.45, 7) is 8.60. The Kier molecular flexibility index (Phi) is 7.27. The Morgan fingerprint density at radius 2 is 1.60 bits per heavy atom. The molecule has 0 aromatic heterocycles. The van der Waals surface area contributed by atoms with Crippen LogP contribution in [0.1, 0.15) is 64.8 Å². The summed E-state index contributed by atoms with van der Waals surface area (Å²) in [5.41, 5.74) is 1.71. The molecule has 4 heterocycles. The molecule has 0 bridgehead atoms. The van der Waals surface area contributed by atoms with E-state index in [2.05, 4.69) is 20.4 Å². The molecule has 0 spiro atoms. The van der Waals surface area contributed by atoms with Gasteiger partial charge in [0.05, 0.1) is 11.1 Å². The molecule has 0 saturated carbocycles. The van der Waals surface area contributed by atoms with E-state index in [0.29, 0.717) is 11.1 Å². The third-order valence-electron chi connectivity index (χ3n) is 7.91. The van der Waals surface area contributed by atoms with E-state index in [4.69, 9.17) is 0 Å². The predicted octanol–water partition coefficient (Wildman–Crippen LogP) is 0.985. The van der Waals surface area contributed by atoms with Gasteiger partial charge in [0.25, 0.3) is 11.8 Å². The highest BCUT2D eigenvalue weighted by molar-refractivity contribution is 6.23. The normalized spacial score (nSPS) is 24.7. The van der Waals surface area contributed by atoms with E-state index in [1.807, 2.05) is 6.07 Å². The summed E-state index contributed by atoms with van der Waals surface area (Å²) in [6.07, 6.45) is 5.27. The maximum atomic E-state index is 13.1. The van der Waals surface area contributed by atoms with Crippen LogP contribution in [-0.2, 0) is 16.1 Å². The summed E-state index contributed by atoms with van der Waals surface area (Å²) in [5.74, 6) is -1.05. The number of carbonyl (C=O) groups excluding carboxylic acids is 4. The minimum Gasteiger partial charge on any atom is -0.314 e. The SMILES string of the molecule is O=C1CCC(N2C(=O)c3ccc(CN4CCC(CCCN5CCNCC5)CC4)cc3C2=O)C(=O)N1. The molecule has 1 atom stereocenters.